The van der Waals surface area contributed by atoms with Crippen LogP contribution in [0, 0.1) is 6.92 Å². The zero-order valence-corrected chi connectivity index (χ0v) is 15.8. The molecule has 6 nitrogen and oxygen atoms in total. The van der Waals surface area contributed by atoms with Crippen LogP contribution in [0.15, 0.2) is 17.0 Å². The van der Waals surface area contributed by atoms with E-state index >= 15 is 0 Å². The van der Waals surface area contributed by atoms with Gasteiger partial charge in [-0.2, -0.15) is 4.31 Å². The summed E-state index contributed by atoms with van der Waals surface area (Å²) >= 11 is 12.3. The summed E-state index contributed by atoms with van der Waals surface area (Å²) in [5, 5.41) is 9.11. The summed E-state index contributed by atoms with van der Waals surface area (Å²) < 4.78 is 27.1. The van der Waals surface area contributed by atoms with Crippen LogP contribution in [0.1, 0.15) is 18.4 Å². The molecule has 0 radical (unpaired) electrons. The number of benzene rings is 1. The maximum atomic E-state index is 12.9. The van der Waals surface area contributed by atoms with E-state index in [0.717, 1.165) is 0 Å². The number of aryl methyl sites for hydroxylation is 1. The highest BCUT2D eigenvalue weighted by atomic mass is 35.5. The second kappa shape index (κ2) is 7.58. The Kier molecular flexibility index (Phi) is 6.14. The summed E-state index contributed by atoms with van der Waals surface area (Å²) in [7, 11) is -2.05. The van der Waals surface area contributed by atoms with E-state index in [0.29, 0.717) is 31.5 Å². The number of hydrogen-bond acceptors (Lipinski definition) is 4. The lowest BCUT2D eigenvalue weighted by atomic mass is 10.1. The molecule has 2 rings (SSSR count). The van der Waals surface area contributed by atoms with Crippen LogP contribution in [0.25, 0.3) is 0 Å². The van der Waals surface area contributed by atoms with Gasteiger partial charge in [-0.1, -0.05) is 29.3 Å². The molecular formula is C15H20Cl2N2O4S. The first kappa shape index (κ1) is 19.5. The quantitative estimate of drug-likeness (QED) is 0.829. The van der Waals surface area contributed by atoms with E-state index in [4.69, 9.17) is 28.3 Å². The number of carbonyl (C=O) groups is 1. The van der Waals surface area contributed by atoms with Crippen molar-refractivity contribution >= 4 is 39.2 Å². The summed E-state index contributed by atoms with van der Waals surface area (Å²) in [6.45, 7) is 2.27. The fraction of sp³-hybridized carbons (Fsp3) is 0.533. The van der Waals surface area contributed by atoms with Gasteiger partial charge in [-0.3, -0.25) is 9.69 Å². The summed E-state index contributed by atoms with van der Waals surface area (Å²) in [5.41, 5.74) is 0.649. The first-order chi connectivity index (χ1) is 11.1. The van der Waals surface area contributed by atoms with Gasteiger partial charge in [0.1, 0.15) is 4.90 Å². The van der Waals surface area contributed by atoms with Gasteiger partial charge >= 0.3 is 5.97 Å². The molecule has 134 valence electrons. The second-order valence-corrected chi connectivity index (χ2v) is 8.61. The number of hydrogen-bond donors (Lipinski definition) is 1. The van der Waals surface area contributed by atoms with Crippen molar-refractivity contribution in [2.24, 2.45) is 0 Å². The molecule has 1 heterocycles. The van der Waals surface area contributed by atoms with Crippen molar-refractivity contribution in [2.45, 2.75) is 30.7 Å². The second-order valence-electron chi connectivity index (χ2n) is 5.95. The Bertz CT molecular complexity index is 731. The van der Waals surface area contributed by atoms with Gasteiger partial charge in [0.2, 0.25) is 10.0 Å². The third-order valence-electron chi connectivity index (χ3n) is 4.27. The zero-order valence-electron chi connectivity index (χ0n) is 13.5. The van der Waals surface area contributed by atoms with Crippen LogP contribution in [0.2, 0.25) is 10.0 Å². The van der Waals surface area contributed by atoms with Crippen molar-refractivity contribution in [3.8, 4) is 0 Å². The largest absolute Gasteiger partial charge is 0.480 e. The average molecular weight is 395 g/mol. The molecule has 1 fully saturated rings. The smallest absolute Gasteiger partial charge is 0.317 e. The lowest BCUT2D eigenvalue weighted by molar-refractivity contribution is -0.138. The fourth-order valence-electron chi connectivity index (χ4n) is 2.86. The molecule has 0 saturated carbocycles. The molecule has 0 aliphatic carbocycles. The van der Waals surface area contributed by atoms with Gasteiger partial charge < -0.3 is 5.11 Å². The van der Waals surface area contributed by atoms with E-state index in [2.05, 4.69) is 0 Å². The van der Waals surface area contributed by atoms with Crippen molar-refractivity contribution in [3.05, 3.63) is 27.7 Å². The summed E-state index contributed by atoms with van der Waals surface area (Å²) in [5.74, 6) is -0.897. The number of piperidine rings is 1. The van der Waals surface area contributed by atoms with E-state index in [1.807, 2.05) is 0 Å². The standard InChI is InChI=1S/C15H20Cl2N2O4S/c1-10-3-4-12(16)15(14(10)17)24(22,23)19-7-5-11(6-8-19)18(2)9-13(20)21/h3-4,11H,5-9H2,1-2H3,(H,20,21). The Labute approximate surface area is 152 Å². The number of likely N-dealkylation sites (N-methyl/N-ethyl adjacent to an activating group) is 1. The zero-order chi connectivity index (χ0) is 18.1. The van der Waals surface area contributed by atoms with Crippen molar-refractivity contribution in [2.75, 3.05) is 26.7 Å². The molecule has 24 heavy (non-hydrogen) atoms. The number of carboxylic acids is 1. The Morgan fingerprint density at radius 2 is 1.92 bits per heavy atom. The minimum atomic E-state index is -3.78. The van der Waals surface area contributed by atoms with Crippen molar-refractivity contribution < 1.29 is 18.3 Å². The molecule has 1 saturated heterocycles. The number of nitrogens with zero attached hydrogens (tertiary/aromatic N) is 2. The third kappa shape index (κ3) is 4.03. The third-order valence-corrected chi connectivity index (χ3v) is 7.28. The molecule has 0 amide bonds. The molecule has 0 unspecified atom stereocenters. The van der Waals surface area contributed by atoms with Gasteiger partial charge in [-0.15, -0.1) is 0 Å². The molecule has 1 aliphatic rings. The topological polar surface area (TPSA) is 77.9 Å². The van der Waals surface area contributed by atoms with E-state index in [-0.39, 0.29) is 27.5 Å². The van der Waals surface area contributed by atoms with Gasteiger partial charge in [-0.05, 0) is 38.4 Å². The van der Waals surface area contributed by atoms with Crippen LogP contribution in [0.4, 0.5) is 0 Å². The van der Waals surface area contributed by atoms with E-state index in [1.165, 1.54) is 10.4 Å². The minimum Gasteiger partial charge on any atom is -0.480 e. The Balaban J connectivity index is 2.17. The summed E-state index contributed by atoms with van der Waals surface area (Å²) in [6.07, 6.45) is 1.12. The highest BCUT2D eigenvalue weighted by Gasteiger charge is 2.34. The van der Waals surface area contributed by atoms with Gasteiger partial charge in [0.05, 0.1) is 16.6 Å². The lowest BCUT2D eigenvalue weighted by Gasteiger charge is -2.35. The van der Waals surface area contributed by atoms with E-state index in [1.54, 1.807) is 24.9 Å². The molecule has 1 N–H and O–H groups in total. The molecule has 0 atom stereocenters. The van der Waals surface area contributed by atoms with Crippen LogP contribution < -0.4 is 0 Å². The number of carboxylic acid groups (broad SMARTS) is 1. The van der Waals surface area contributed by atoms with Gasteiger partial charge in [0, 0.05) is 19.1 Å². The van der Waals surface area contributed by atoms with Crippen LogP contribution in [-0.2, 0) is 14.8 Å². The predicted octanol–water partition coefficient (Wildman–Crippen LogP) is 2.47. The van der Waals surface area contributed by atoms with Gasteiger partial charge in [-0.25, -0.2) is 8.42 Å². The van der Waals surface area contributed by atoms with E-state index in [9.17, 15) is 13.2 Å². The average Bonchev–Trinajstić information content (AvgIpc) is 2.50. The normalized spacial score (nSPS) is 17.4. The SMILES string of the molecule is Cc1ccc(Cl)c(S(=O)(=O)N2CCC(N(C)CC(=O)O)CC2)c1Cl. The molecule has 0 bridgehead atoms. The molecule has 0 aromatic heterocycles. The molecule has 0 spiro atoms. The van der Waals surface area contributed by atoms with Crippen LogP contribution in [-0.4, -0.2) is 61.4 Å². The maximum Gasteiger partial charge on any atom is 0.317 e. The van der Waals surface area contributed by atoms with Crippen LogP contribution in [0.3, 0.4) is 0 Å². The number of rotatable bonds is 5. The highest BCUT2D eigenvalue weighted by Crippen LogP contribution is 2.35. The molecule has 1 aromatic carbocycles. The number of aliphatic carboxylic acids is 1. The van der Waals surface area contributed by atoms with Crippen molar-refractivity contribution in [3.63, 3.8) is 0 Å². The van der Waals surface area contributed by atoms with Crippen molar-refractivity contribution in [1.29, 1.82) is 0 Å². The Morgan fingerprint density at radius 3 is 2.46 bits per heavy atom. The molecule has 9 heteroatoms. The Morgan fingerprint density at radius 1 is 1.33 bits per heavy atom. The van der Waals surface area contributed by atoms with Crippen molar-refractivity contribution in [1.82, 2.24) is 9.21 Å². The molecule has 1 aromatic rings. The highest BCUT2D eigenvalue weighted by molar-refractivity contribution is 7.89. The first-order valence-electron chi connectivity index (χ1n) is 7.51. The number of sulfonamides is 1. The monoisotopic (exact) mass is 394 g/mol. The lowest BCUT2D eigenvalue weighted by Crippen LogP contribution is -2.46. The first-order valence-corrected chi connectivity index (χ1v) is 9.71. The van der Waals surface area contributed by atoms with Gasteiger partial charge in [0.25, 0.3) is 0 Å². The minimum absolute atomic E-state index is 0.0380. The summed E-state index contributed by atoms with van der Waals surface area (Å²) in [4.78, 5) is 12.5. The Hall–Kier alpha value is -0.860. The molecule has 1 aliphatic heterocycles. The number of halogens is 2. The maximum absolute atomic E-state index is 12.9. The van der Waals surface area contributed by atoms with Crippen LogP contribution >= 0.6 is 23.2 Å². The van der Waals surface area contributed by atoms with E-state index < -0.39 is 16.0 Å². The summed E-state index contributed by atoms with van der Waals surface area (Å²) in [6, 6.07) is 3.25. The molecular weight excluding hydrogens is 375 g/mol. The predicted molar refractivity (Wildman–Crippen MR) is 93.2 cm³/mol. The van der Waals surface area contributed by atoms with Gasteiger partial charge in [0.15, 0.2) is 0 Å². The fourth-order valence-corrected chi connectivity index (χ4v) is 5.47. The van der Waals surface area contributed by atoms with Crippen LogP contribution in [0.5, 0.6) is 0 Å².